The van der Waals surface area contributed by atoms with Gasteiger partial charge in [0.1, 0.15) is 0 Å². The molecule has 0 aliphatic carbocycles. The van der Waals surface area contributed by atoms with Gasteiger partial charge in [0.05, 0.1) is 10.7 Å². The zero-order valence-electron chi connectivity index (χ0n) is 11.4. The maximum atomic E-state index is 6.07. The molecule has 0 amide bonds. The van der Waals surface area contributed by atoms with Gasteiger partial charge in [-0.15, -0.1) is 0 Å². The Morgan fingerprint density at radius 3 is 2.42 bits per heavy atom. The summed E-state index contributed by atoms with van der Waals surface area (Å²) in [6, 6.07) is 5.81. The normalized spacial score (nSPS) is 17.2. The van der Waals surface area contributed by atoms with Gasteiger partial charge < -0.3 is 20.1 Å². The molecule has 0 unspecified atom stereocenters. The summed E-state index contributed by atoms with van der Waals surface area (Å²) in [6.45, 7) is 1.96. The molecule has 1 saturated heterocycles. The fourth-order valence-corrected chi connectivity index (χ4v) is 2.80. The monoisotopic (exact) mass is 284 g/mol. The van der Waals surface area contributed by atoms with Crippen LogP contribution in [0.4, 0.5) is 11.4 Å². The molecule has 0 aromatic heterocycles. The van der Waals surface area contributed by atoms with Crippen LogP contribution < -0.4 is 10.6 Å². The van der Waals surface area contributed by atoms with Crippen LogP contribution in [0.25, 0.3) is 0 Å². The molecular weight excluding hydrogens is 264 g/mol. The molecule has 2 N–H and O–H groups in total. The van der Waals surface area contributed by atoms with Crippen LogP contribution in [0, 0.1) is 5.92 Å². The first-order valence-corrected chi connectivity index (χ1v) is 6.89. The van der Waals surface area contributed by atoms with E-state index in [4.69, 9.17) is 26.8 Å². The third-order valence-electron chi connectivity index (χ3n) is 3.74. The minimum atomic E-state index is -0.0999. The molecule has 2 rings (SSSR count). The van der Waals surface area contributed by atoms with Gasteiger partial charge in [0.15, 0.2) is 6.29 Å². The second-order valence-electron chi connectivity index (χ2n) is 4.87. The van der Waals surface area contributed by atoms with Gasteiger partial charge in [0.2, 0.25) is 0 Å². The summed E-state index contributed by atoms with van der Waals surface area (Å²) in [7, 11) is 3.39. The number of nitrogen functional groups attached to an aromatic ring is 1. The number of hydrogen-bond donors (Lipinski definition) is 1. The summed E-state index contributed by atoms with van der Waals surface area (Å²) in [5.74, 6) is 0.454. The molecule has 1 fully saturated rings. The van der Waals surface area contributed by atoms with E-state index in [0.29, 0.717) is 16.6 Å². The van der Waals surface area contributed by atoms with Crippen molar-refractivity contribution in [3.8, 4) is 0 Å². The smallest absolute Gasteiger partial charge is 0.159 e. The van der Waals surface area contributed by atoms with Crippen LogP contribution in [0.1, 0.15) is 12.8 Å². The van der Waals surface area contributed by atoms with Crippen LogP contribution in [-0.2, 0) is 9.47 Å². The van der Waals surface area contributed by atoms with Crippen LogP contribution in [-0.4, -0.2) is 33.6 Å². The Morgan fingerprint density at radius 1 is 1.26 bits per heavy atom. The van der Waals surface area contributed by atoms with E-state index in [1.807, 2.05) is 18.2 Å². The lowest BCUT2D eigenvalue weighted by Crippen LogP contribution is -2.39. The molecule has 1 aromatic rings. The van der Waals surface area contributed by atoms with E-state index in [9.17, 15) is 0 Å². The molecule has 1 aliphatic heterocycles. The fourth-order valence-electron chi connectivity index (χ4n) is 2.62. The molecule has 106 valence electrons. The van der Waals surface area contributed by atoms with E-state index in [0.717, 1.165) is 31.6 Å². The van der Waals surface area contributed by atoms with Gasteiger partial charge in [-0.3, -0.25) is 0 Å². The number of methoxy groups -OCH3 is 2. The average molecular weight is 285 g/mol. The molecule has 1 aromatic carbocycles. The highest BCUT2D eigenvalue weighted by Crippen LogP contribution is 2.30. The van der Waals surface area contributed by atoms with Gasteiger partial charge in [-0.2, -0.15) is 0 Å². The maximum Gasteiger partial charge on any atom is 0.159 e. The van der Waals surface area contributed by atoms with Gasteiger partial charge >= 0.3 is 0 Å². The first-order chi connectivity index (χ1) is 9.15. The highest BCUT2D eigenvalue weighted by Gasteiger charge is 2.26. The Balaban J connectivity index is 1.97. The van der Waals surface area contributed by atoms with Crippen molar-refractivity contribution in [2.24, 2.45) is 5.92 Å². The van der Waals surface area contributed by atoms with Crippen molar-refractivity contribution in [1.29, 1.82) is 0 Å². The number of anilines is 2. The van der Waals surface area contributed by atoms with Crippen molar-refractivity contribution < 1.29 is 9.47 Å². The number of nitrogens with zero attached hydrogens (tertiary/aromatic N) is 1. The largest absolute Gasteiger partial charge is 0.398 e. The summed E-state index contributed by atoms with van der Waals surface area (Å²) in [6.07, 6.45) is 2.00. The topological polar surface area (TPSA) is 47.7 Å². The van der Waals surface area contributed by atoms with Crippen molar-refractivity contribution in [3.63, 3.8) is 0 Å². The third-order valence-corrected chi connectivity index (χ3v) is 4.07. The summed E-state index contributed by atoms with van der Waals surface area (Å²) >= 11 is 6.07. The van der Waals surface area contributed by atoms with E-state index in [-0.39, 0.29) is 6.29 Å². The maximum absolute atomic E-state index is 6.07. The van der Waals surface area contributed by atoms with E-state index >= 15 is 0 Å². The van der Waals surface area contributed by atoms with E-state index in [1.54, 1.807) is 14.2 Å². The number of ether oxygens (including phenoxy) is 2. The second kappa shape index (κ2) is 6.46. The van der Waals surface area contributed by atoms with E-state index in [1.165, 1.54) is 0 Å². The SMILES string of the molecule is COC(OC)C1CCN(c2ccc(N)c(Cl)c2)CC1. The number of nitrogens with two attached hydrogens (primary N) is 1. The Kier molecular flexibility index (Phi) is 4.91. The molecule has 19 heavy (non-hydrogen) atoms. The van der Waals surface area contributed by atoms with Gasteiger partial charge in [-0.1, -0.05) is 11.6 Å². The van der Waals surface area contributed by atoms with Gasteiger partial charge in [0, 0.05) is 38.9 Å². The fraction of sp³-hybridized carbons (Fsp3) is 0.571. The highest BCUT2D eigenvalue weighted by molar-refractivity contribution is 6.33. The van der Waals surface area contributed by atoms with Gasteiger partial charge in [-0.05, 0) is 31.0 Å². The Hall–Kier alpha value is -0.970. The molecular formula is C14H21ClN2O2. The number of hydrogen-bond acceptors (Lipinski definition) is 4. The Morgan fingerprint density at radius 2 is 1.89 bits per heavy atom. The van der Waals surface area contributed by atoms with Gasteiger partial charge in [-0.25, -0.2) is 0 Å². The second-order valence-corrected chi connectivity index (χ2v) is 5.28. The van der Waals surface area contributed by atoms with Crippen molar-refractivity contribution >= 4 is 23.0 Å². The zero-order chi connectivity index (χ0) is 13.8. The van der Waals surface area contributed by atoms with Crippen molar-refractivity contribution in [1.82, 2.24) is 0 Å². The van der Waals surface area contributed by atoms with E-state index < -0.39 is 0 Å². The molecule has 0 atom stereocenters. The number of rotatable bonds is 4. The summed E-state index contributed by atoms with van der Waals surface area (Å²) in [4.78, 5) is 2.32. The molecule has 0 saturated carbocycles. The lowest BCUT2D eigenvalue weighted by Gasteiger charge is -2.36. The van der Waals surface area contributed by atoms with Crippen LogP contribution >= 0.6 is 11.6 Å². The van der Waals surface area contributed by atoms with Crippen molar-refractivity contribution in [3.05, 3.63) is 23.2 Å². The van der Waals surface area contributed by atoms with E-state index in [2.05, 4.69) is 4.90 Å². The summed E-state index contributed by atoms with van der Waals surface area (Å²) in [5.41, 5.74) is 7.49. The molecule has 1 aliphatic rings. The standard InChI is InChI=1S/C14H21ClN2O2/c1-18-14(19-2)10-5-7-17(8-6-10)11-3-4-13(16)12(15)9-11/h3-4,9-10,14H,5-8,16H2,1-2H3. The number of halogens is 1. The number of benzene rings is 1. The van der Waals surface area contributed by atoms with Crippen LogP contribution in [0.15, 0.2) is 18.2 Å². The first kappa shape index (κ1) is 14.4. The lowest BCUT2D eigenvalue weighted by molar-refractivity contribution is -0.141. The molecule has 0 spiro atoms. The van der Waals surface area contributed by atoms with Crippen molar-refractivity contribution in [2.45, 2.75) is 19.1 Å². The third kappa shape index (κ3) is 3.32. The predicted molar refractivity (Wildman–Crippen MR) is 78.6 cm³/mol. The molecule has 1 heterocycles. The van der Waals surface area contributed by atoms with Gasteiger partial charge in [0.25, 0.3) is 0 Å². The Bertz CT molecular complexity index is 416. The zero-order valence-corrected chi connectivity index (χ0v) is 12.2. The summed E-state index contributed by atoms with van der Waals surface area (Å²) in [5, 5.41) is 0.617. The molecule has 5 heteroatoms. The van der Waals surface area contributed by atoms with Crippen LogP contribution in [0.5, 0.6) is 0 Å². The lowest BCUT2D eigenvalue weighted by atomic mass is 9.95. The Labute approximate surface area is 119 Å². The first-order valence-electron chi connectivity index (χ1n) is 6.51. The van der Waals surface area contributed by atoms with Crippen LogP contribution in [0.2, 0.25) is 5.02 Å². The molecule has 0 radical (unpaired) electrons. The highest BCUT2D eigenvalue weighted by atomic mass is 35.5. The number of piperidine rings is 1. The molecule has 0 bridgehead atoms. The van der Waals surface area contributed by atoms with Crippen LogP contribution in [0.3, 0.4) is 0 Å². The minimum Gasteiger partial charge on any atom is -0.398 e. The minimum absolute atomic E-state index is 0.0999. The predicted octanol–water partition coefficient (Wildman–Crippen LogP) is 2.76. The average Bonchev–Trinajstić information content (AvgIpc) is 2.44. The molecule has 4 nitrogen and oxygen atoms in total. The summed E-state index contributed by atoms with van der Waals surface area (Å²) < 4.78 is 10.7. The van der Waals surface area contributed by atoms with Crippen molar-refractivity contribution in [2.75, 3.05) is 37.9 Å². The quantitative estimate of drug-likeness (QED) is 0.682.